The van der Waals surface area contributed by atoms with Gasteiger partial charge in [0.1, 0.15) is 5.82 Å². The van der Waals surface area contributed by atoms with E-state index in [0.29, 0.717) is 0 Å². The Kier molecular flexibility index (Phi) is 4.79. The zero-order chi connectivity index (χ0) is 15.5. The van der Waals surface area contributed by atoms with Crippen molar-refractivity contribution in [1.82, 2.24) is 5.32 Å². The SMILES string of the molecule is CCNC(c1cccc(F)c1)c1ccccc1C(C)(C)C. The van der Waals surface area contributed by atoms with E-state index >= 15 is 0 Å². The molecule has 1 atom stereocenters. The Labute approximate surface area is 127 Å². The topological polar surface area (TPSA) is 12.0 Å². The Bertz CT molecular complexity index is 599. The van der Waals surface area contributed by atoms with Gasteiger partial charge in [0.05, 0.1) is 6.04 Å². The predicted molar refractivity (Wildman–Crippen MR) is 87.1 cm³/mol. The minimum Gasteiger partial charge on any atom is -0.307 e. The molecule has 0 aliphatic carbocycles. The van der Waals surface area contributed by atoms with Crippen LogP contribution in [0.5, 0.6) is 0 Å². The molecule has 0 fully saturated rings. The normalized spacial score (nSPS) is 13.2. The first-order valence-corrected chi connectivity index (χ1v) is 7.51. The highest BCUT2D eigenvalue weighted by atomic mass is 19.1. The van der Waals surface area contributed by atoms with Gasteiger partial charge in [0.15, 0.2) is 0 Å². The summed E-state index contributed by atoms with van der Waals surface area (Å²) in [4.78, 5) is 0. The summed E-state index contributed by atoms with van der Waals surface area (Å²) >= 11 is 0. The van der Waals surface area contributed by atoms with Crippen LogP contribution in [0.15, 0.2) is 48.5 Å². The van der Waals surface area contributed by atoms with Gasteiger partial charge in [-0.05, 0) is 40.8 Å². The maximum atomic E-state index is 13.6. The molecule has 0 spiro atoms. The van der Waals surface area contributed by atoms with Gasteiger partial charge in [-0.2, -0.15) is 0 Å². The van der Waals surface area contributed by atoms with Crippen LogP contribution in [-0.2, 0) is 5.41 Å². The standard InChI is InChI=1S/C19H24FN/c1-5-21-18(14-9-8-10-15(20)13-14)16-11-6-7-12-17(16)19(2,3)4/h6-13,18,21H,5H2,1-4H3. The Morgan fingerprint density at radius 1 is 1.05 bits per heavy atom. The monoisotopic (exact) mass is 285 g/mol. The summed E-state index contributed by atoms with van der Waals surface area (Å²) in [5, 5.41) is 3.49. The van der Waals surface area contributed by atoms with Crippen molar-refractivity contribution in [2.45, 2.75) is 39.2 Å². The number of benzene rings is 2. The quantitative estimate of drug-likeness (QED) is 0.849. The van der Waals surface area contributed by atoms with Crippen LogP contribution < -0.4 is 5.32 Å². The summed E-state index contributed by atoms with van der Waals surface area (Å²) < 4.78 is 13.6. The van der Waals surface area contributed by atoms with Crippen LogP contribution >= 0.6 is 0 Å². The van der Waals surface area contributed by atoms with Gasteiger partial charge in [0.25, 0.3) is 0 Å². The van der Waals surface area contributed by atoms with Crippen molar-refractivity contribution in [2.24, 2.45) is 0 Å². The fourth-order valence-electron chi connectivity index (χ4n) is 2.73. The molecule has 2 heteroatoms. The average Bonchev–Trinajstić information content (AvgIpc) is 2.44. The van der Waals surface area contributed by atoms with Crippen molar-refractivity contribution >= 4 is 0 Å². The summed E-state index contributed by atoms with van der Waals surface area (Å²) in [6.07, 6.45) is 0. The summed E-state index contributed by atoms with van der Waals surface area (Å²) in [7, 11) is 0. The van der Waals surface area contributed by atoms with Gasteiger partial charge < -0.3 is 5.32 Å². The summed E-state index contributed by atoms with van der Waals surface area (Å²) in [6.45, 7) is 9.53. The third kappa shape index (κ3) is 3.70. The second kappa shape index (κ2) is 6.40. The maximum Gasteiger partial charge on any atom is 0.123 e. The van der Waals surface area contributed by atoms with E-state index in [1.165, 1.54) is 17.2 Å². The first-order valence-electron chi connectivity index (χ1n) is 7.51. The van der Waals surface area contributed by atoms with Gasteiger partial charge in [0.2, 0.25) is 0 Å². The molecule has 112 valence electrons. The molecule has 0 radical (unpaired) electrons. The predicted octanol–water partition coefficient (Wildman–Crippen LogP) is 4.82. The van der Waals surface area contributed by atoms with Crippen molar-refractivity contribution < 1.29 is 4.39 Å². The van der Waals surface area contributed by atoms with E-state index in [9.17, 15) is 4.39 Å². The highest BCUT2D eigenvalue weighted by molar-refractivity contribution is 5.40. The van der Waals surface area contributed by atoms with E-state index in [-0.39, 0.29) is 17.3 Å². The van der Waals surface area contributed by atoms with Gasteiger partial charge in [-0.3, -0.25) is 0 Å². The summed E-state index contributed by atoms with van der Waals surface area (Å²) in [6, 6.07) is 15.3. The number of hydrogen-bond donors (Lipinski definition) is 1. The van der Waals surface area contributed by atoms with E-state index in [0.717, 1.165) is 12.1 Å². The molecule has 0 heterocycles. The van der Waals surface area contributed by atoms with Crippen LogP contribution in [0.25, 0.3) is 0 Å². The Morgan fingerprint density at radius 2 is 1.76 bits per heavy atom. The summed E-state index contributed by atoms with van der Waals surface area (Å²) in [5.41, 5.74) is 3.53. The van der Waals surface area contributed by atoms with E-state index in [1.807, 2.05) is 12.1 Å². The van der Waals surface area contributed by atoms with Gasteiger partial charge in [-0.15, -0.1) is 0 Å². The molecular weight excluding hydrogens is 261 g/mol. The second-order valence-electron chi connectivity index (χ2n) is 6.38. The van der Waals surface area contributed by atoms with E-state index < -0.39 is 0 Å². The van der Waals surface area contributed by atoms with E-state index in [4.69, 9.17) is 0 Å². The second-order valence-corrected chi connectivity index (χ2v) is 6.38. The zero-order valence-corrected chi connectivity index (χ0v) is 13.3. The average molecular weight is 285 g/mol. The Balaban J connectivity index is 2.54. The van der Waals surface area contributed by atoms with Crippen LogP contribution in [0, 0.1) is 5.82 Å². The molecule has 21 heavy (non-hydrogen) atoms. The fourth-order valence-corrected chi connectivity index (χ4v) is 2.73. The number of halogens is 1. The van der Waals surface area contributed by atoms with Gasteiger partial charge in [-0.1, -0.05) is 64.1 Å². The van der Waals surface area contributed by atoms with Crippen LogP contribution in [0.3, 0.4) is 0 Å². The van der Waals surface area contributed by atoms with E-state index in [1.54, 1.807) is 12.1 Å². The lowest BCUT2D eigenvalue weighted by Crippen LogP contribution is -2.26. The molecule has 0 aliphatic heterocycles. The minimum atomic E-state index is -0.191. The van der Waals surface area contributed by atoms with Crippen LogP contribution in [0.1, 0.15) is 50.4 Å². The molecule has 2 rings (SSSR count). The smallest absolute Gasteiger partial charge is 0.123 e. The zero-order valence-electron chi connectivity index (χ0n) is 13.3. The molecule has 0 saturated carbocycles. The van der Waals surface area contributed by atoms with Crippen molar-refractivity contribution in [2.75, 3.05) is 6.54 Å². The lowest BCUT2D eigenvalue weighted by atomic mass is 9.80. The Hall–Kier alpha value is -1.67. The van der Waals surface area contributed by atoms with Crippen molar-refractivity contribution in [3.63, 3.8) is 0 Å². The molecular formula is C19H24FN. The van der Waals surface area contributed by atoms with E-state index in [2.05, 4.69) is 51.2 Å². The molecule has 2 aromatic carbocycles. The fraction of sp³-hybridized carbons (Fsp3) is 0.368. The molecule has 1 unspecified atom stereocenters. The molecule has 0 aliphatic rings. The number of nitrogens with one attached hydrogen (secondary N) is 1. The molecule has 0 bridgehead atoms. The lowest BCUT2D eigenvalue weighted by Gasteiger charge is -2.28. The van der Waals surface area contributed by atoms with Crippen molar-refractivity contribution in [1.29, 1.82) is 0 Å². The summed E-state index contributed by atoms with van der Waals surface area (Å²) in [5.74, 6) is -0.191. The van der Waals surface area contributed by atoms with Gasteiger partial charge >= 0.3 is 0 Å². The van der Waals surface area contributed by atoms with Crippen LogP contribution in [0.2, 0.25) is 0 Å². The van der Waals surface area contributed by atoms with Crippen LogP contribution in [-0.4, -0.2) is 6.54 Å². The molecule has 2 aromatic rings. The van der Waals surface area contributed by atoms with Crippen molar-refractivity contribution in [3.8, 4) is 0 Å². The molecule has 1 nitrogen and oxygen atoms in total. The molecule has 0 aromatic heterocycles. The number of hydrogen-bond acceptors (Lipinski definition) is 1. The lowest BCUT2D eigenvalue weighted by molar-refractivity contribution is 0.554. The first kappa shape index (κ1) is 15.7. The highest BCUT2D eigenvalue weighted by Crippen LogP contribution is 2.32. The molecule has 1 N–H and O–H groups in total. The number of rotatable bonds is 4. The maximum absolute atomic E-state index is 13.6. The van der Waals surface area contributed by atoms with Gasteiger partial charge in [-0.25, -0.2) is 4.39 Å². The minimum absolute atomic E-state index is 0.0149. The van der Waals surface area contributed by atoms with Crippen LogP contribution in [0.4, 0.5) is 4.39 Å². The van der Waals surface area contributed by atoms with Gasteiger partial charge in [0, 0.05) is 0 Å². The Morgan fingerprint density at radius 3 is 2.38 bits per heavy atom. The first-order chi connectivity index (χ1) is 9.93. The third-order valence-corrected chi connectivity index (χ3v) is 3.67. The third-order valence-electron chi connectivity index (χ3n) is 3.67. The molecule has 0 amide bonds. The largest absolute Gasteiger partial charge is 0.307 e. The van der Waals surface area contributed by atoms with Crippen molar-refractivity contribution in [3.05, 3.63) is 71.0 Å². The highest BCUT2D eigenvalue weighted by Gasteiger charge is 2.23. The molecule has 0 saturated heterocycles.